The van der Waals surface area contributed by atoms with E-state index in [2.05, 4.69) is 16.7 Å². The van der Waals surface area contributed by atoms with Crippen molar-refractivity contribution >= 4 is 5.97 Å². The highest BCUT2D eigenvalue weighted by Crippen LogP contribution is 1.94. The maximum absolute atomic E-state index is 11.0. The Morgan fingerprint density at radius 2 is 2.11 bits per heavy atom. The van der Waals surface area contributed by atoms with Crippen LogP contribution in [0.25, 0.3) is 0 Å². The molecule has 1 rings (SSSR count). The Balaban J connectivity index is 1.95. The number of esters is 1. The first-order valence-corrected chi connectivity index (χ1v) is 6.32. The summed E-state index contributed by atoms with van der Waals surface area (Å²) in [5, 5.41) is 0. The van der Waals surface area contributed by atoms with Crippen LogP contribution < -0.4 is 0 Å². The molecule has 1 saturated heterocycles. The van der Waals surface area contributed by atoms with Crippen molar-refractivity contribution in [2.24, 2.45) is 0 Å². The van der Waals surface area contributed by atoms with Crippen LogP contribution in [0.2, 0.25) is 0 Å². The molecule has 0 spiro atoms. The van der Waals surface area contributed by atoms with Gasteiger partial charge in [-0.2, -0.15) is 0 Å². The number of carbonyl (C=O) groups excluding carboxylic acids is 1. The van der Waals surface area contributed by atoms with Crippen molar-refractivity contribution in [2.45, 2.75) is 13.3 Å². The molecule has 5 heteroatoms. The van der Waals surface area contributed by atoms with E-state index in [0.717, 1.165) is 32.8 Å². The Morgan fingerprint density at radius 3 is 2.83 bits per heavy atom. The summed E-state index contributed by atoms with van der Waals surface area (Å²) < 4.78 is 15.2. The van der Waals surface area contributed by atoms with Crippen LogP contribution in [0.3, 0.4) is 0 Å². The Morgan fingerprint density at radius 1 is 1.33 bits per heavy atom. The molecule has 0 unspecified atom stereocenters. The Kier molecular flexibility index (Phi) is 8.23. The van der Waals surface area contributed by atoms with Crippen LogP contribution in [0.15, 0.2) is 0 Å². The van der Waals surface area contributed by atoms with E-state index in [1.165, 1.54) is 0 Å². The first kappa shape index (κ1) is 15.0. The monoisotopic (exact) mass is 255 g/mol. The lowest BCUT2D eigenvalue weighted by Crippen LogP contribution is -2.36. The molecule has 5 nitrogen and oxygen atoms in total. The molecular formula is C13H21NO4. The van der Waals surface area contributed by atoms with E-state index in [1.807, 2.05) is 0 Å². The van der Waals surface area contributed by atoms with Gasteiger partial charge in [0, 0.05) is 13.1 Å². The van der Waals surface area contributed by atoms with Gasteiger partial charge in [0.15, 0.2) is 0 Å². The second-order valence-corrected chi connectivity index (χ2v) is 3.85. The fraction of sp³-hybridized carbons (Fsp3) is 0.769. The third kappa shape index (κ3) is 7.28. The highest BCUT2D eigenvalue weighted by atomic mass is 16.5. The summed E-state index contributed by atoms with van der Waals surface area (Å²) in [6, 6.07) is 0. The fourth-order valence-corrected chi connectivity index (χ4v) is 1.49. The number of hydrogen-bond donors (Lipinski definition) is 0. The van der Waals surface area contributed by atoms with Gasteiger partial charge in [-0.25, -0.2) is 0 Å². The number of carbonyl (C=O) groups is 1. The second kappa shape index (κ2) is 9.89. The SMILES string of the molecule is CCOC(=O)CCOCC#CCN1CCOCC1. The van der Waals surface area contributed by atoms with E-state index in [-0.39, 0.29) is 5.97 Å². The van der Waals surface area contributed by atoms with Crippen LogP contribution in [0.5, 0.6) is 0 Å². The van der Waals surface area contributed by atoms with Gasteiger partial charge in [-0.15, -0.1) is 0 Å². The number of ether oxygens (including phenoxy) is 3. The standard InChI is InChI=1S/C13H21NO4/c1-2-18-13(15)5-10-16-9-4-3-6-14-7-11-17-12-8-14/h2,5-12H2,1H3. The molecular weight excluding hydrogens is 234 g/mol. The number of rotatable bonds is 6. The summed E-state index contributed by atoms with van der Waals surface area (Å²) in [4.78, 5) is 13.2. The summed E-state index contributed by atoms with van der Waals surface area (Å²) in [5.41, 5.74) is 0. The molecule has 102 valence electrons. The molecule has 0 aliphatic carbocycles. The van der Waals surface area contributed by atoms with Crippen LogP contribution in [0.1, 0.15) is 13.3 Å². The average molecular weight is 255 g/mol. The van der Waals surface area contributed by atoms with Gasteiger partial charge < -0.3 is 14.2 Å². The van der Waals surface area contributed by atoms with E-state index >= 15 is 0 Å². The highest BCUT2D eigenvalue weighted by molar-refractivity contribution is 5.69. The molecule has 1 aliphatic rings. The summed E-state index contributed by atoms with van der Waals surface area (Å²) in [7, 11) is 0. The largest absolute Gasteiger partial charge is 0.466 e. The zero-order valence-corrected chi connectivity index (χ0v) is 10.9. The lowest BCUT2D eigenvalue weighted by atomic mass is 10.4. The van der Waals surface area contributed by atoms with Crippen molar-refractivity contribution in [1.82, 2.24) is 4.90 Å². The maximum Gasteiger partial charge on any atom is 0.308 e. The molecule has 1 aliphatic heterocycles. The molecule has 0 amide bonds. The second-order valence-electron chi connectivity index (χ2n) is 3.85. The molecule has 18 heavy (non-hydrogen) atoms. The Hall–Kier alpha value is -1.09. The van der Waals surface area contributed by atoms with Gasteiger partial charge in [0.25, 0.3) is 0 Å². The number of morpholine rings is 1. The van der Waals surface area contributed by atoms with E-state index < -0.39 is 0 Å². The summed E-state index contributed by atoms with van der Waals surface area (Å²) in [6.45, 7) is 7.15. The summed E-state index contributed by atoms with van der Waals surface area (Å²) >= 11 is 0. The smallest absolute Gasteiger partial charge is 0.308 e. The van der Waals surface area contributed by atoms with E-state index in [0.29, 0.717) is 26.2 Å². The molecule has 0 atom stereocenters. The lowest BCUT2D eigenvalue weighted by Gasteiger charge is -2.24. The van der Waals surface area contributed by atoms with Gasteiger partial charge in [-0.3, -0.25) is 9.69 Å². The number of hydrogen-bond acceptors (Lipinski definition) is 5. The molecule has 0 bridgehead atoms. The van der Waals surface area contributed by atoms with Crippen LogP contribution in [0.4, 0.5) is 0 Å². The summed E-state index contributed by atoms with van der Waals surface area (Å²) in [5.74, 6) is 5.76. The van der Waals surface area contributed by atoms with Gasteiger partial charge >= 0.3 is 5.97 Å². The topological polar surface area (TPSA) is 48.0 Å². The molecule has 0 aromatic carbocycles. The van der Waals surface area contributed by atoms with Gasteiger partial charge in [0.05, 0.1) is 39.4 Å². The van der Waals surface area contributed by atoms with Crippen molar-refractivity contribution in [3.05, 3.63) is 0 Å². The van der Waals surface area contributed by atoms with Gasteiger partial charge in [0.2, 0.25) is 0 Å². The summed E-state index contributed by atoms with van der Waals surface area (Å²) in [6.07, 6.45) is 0.291. The lowest BCUT2D eigenvalue weighted by molar-refractivity contribution is -0.144. The van der Waals surface area contributed by atoms with E-state index in [4.69, 9.17) is 14.2 Å². The predicted octanol–water partition coefficient (Wildman–Crippen LogP) is 0.292. The van der Waals surface area contributed by atoms with Crippen molar-refractivity contribution in [2.75, 3.05) is 52.7 Å². The Bertz CT molecular complexity index is 289. The van der Waals surface area contributed by atoms with Gasteiger partial charge in [0.1, 0.15) is 6.61 Å². The number of nitrogens with zero attached hydrogens (tertiary/aromatic N) is 1. The molecule has 0 aromatic rings. The molecule has 0 radical (unpaired) electrons. The van der Waals surface area contributed by atoms with E-state index in [1.54, 1.807) is 6.92 Å². The minimum atomic E-state index is -0.223. The third-order valence-corrected chi connectivity index (χ3v) is 2.46. The van der Waals surface area contributed by atoms with Crippen molar-refractivity contribution in [3.8, 4) is 11.8 Å². The van der Waals surface area contributed by atoms with Crippen molar-refractivity contribution in [1.29, 1.82) is 0 Å². The zero-order valence-electron chi connectivity index (χ0n) is 10.9. The van der Waals surface area contributed by atoms with Crippen molar-refractivity contribution in [3.63, 3.8) is 0 Å². The van der Waals surface area contributed by atoms with Crippen molar-refractivity contribution < 1.29 is 19.0 Å². The maximum atomic E-state index is 11.0. The molecule has 0 N–H and O–H groups in total. The van der Waals surface area contributed by atoms with Crippen LogP contribution >= 0.6 is 0 Å². The molecule has 0 saturated carbocycles. The fourth-order valence-electron chi connectivity index (χ4n) is 1.49. The molecule has 1 fully saturated rings. The van der Waals surface area contributed by atoms with Crippen LogP contribution in [-0.4, -0.2) is 63.5 Å². The average Bonchev–Trinajstić information content (AvgIpc) is 2.39. The van der Waals surface area contributed by atoms with Gasteiger partial charge in [-0.1, -0.05) is 11.8 Å². The van der Waals surface area contributed by atoms with Crippen LogP contribution in [-0.2, 0) is 19.0 Å². The zero-order chi connectivity index (χ0) is 13.1. The molecule has 1 heterocycles. The first-order valence-electron chi connectivity index (χ1n) is 6.32. The highest BCUT2D eigenvalue weighted by Gasteiger charge is 2.07. The Labute approximate surface area is 108 Å². The van der Waals surface area contributed by atoms with E-state index in [9.17, 15) is 4.79 Å². The normalized spacial score (nSPS) is 15.8. The molecule has 0 aromatic heterocycles. The minimum absolute atomic E-state index is 0.223. The minimum Gasteiger partial charge on any atom is -0.466 e. The first-order chi connectivity index (χ1) is 8.83. The quantitative estimate of drug-likeness (QED) is 0.388. The predicted molar refractivity (Wildman–Crippen MR) is 67.1 cm³/mol. The third-order valence-electron chi connectivity index (χ3n) is 2.46. The van der Waals surface area contributed by atoms with Crippen LogP contribution in [0, 0.1) is 11.8 Å². The van der Waals surface area contributed by atoms with Gasteiger partial charge in [-0.05, 0) is 6.92 Å².